The SMILES string of the molecule is Cc1ccc(S(=O)(=O)N(C)C)cc1NC(=O)c1ccc(-n2c(C)ccc2C)cc1. The molecule has 1 heterocycles. The van der Waals surface area contributed by atoms with Crippen molar-refractivity contribution < 1.29 is 13.2 Å². The van der Waals surface area contributed by atoms with Crippen molar-refractivity contribution >= 4 is 21.6 Å². The van der Waals surface area contributed by atoms with E-state index >= 15 is 0 Å². The molecular weight excluding hydrogens is 386 g/mol. The first-order valence-electron chi connectivity index (χ1n) is 9.21. The monoisotopic (exact) mass is 411 g/mol. The number of anilines is 1. The van der Waals surface area contributed by atoms with Crippen molar-refractivity contribution in [1.29, 1.82) is 0 Å². The van der Waals surface area contributed by atoms with E-state index < -0.39 is 10.0 Å². The minimum absolute atomic E-state index is 0.136. The second-order valence-electron chi connectivity index (χ2n) is 7.22. The molecule has 1 N–H and O–H groups in total. The van der Waals surface area contributed by atoms with Gasteiger partial charge in [0.05, 0.1) is 4.90 Å². The van der Waals surface area contributed by atoms with E-state index in [1.54, 1.807) is 18.2 Å². The lowest BCUT2D eigenvalue weighted by atomic mass is 10.1. The minimum atomic E-state index is -3.58. The molecule has 6 nitrogen and oxygen atoms in total. The maximum Gasteiger partial charge on any atom is 0.255 e. The van der Waals surface area contributed by atoms with Crippen LogP contribution in [0, 0.1) is 20.8 Å². The van der Waals surface area contributed by atoms with E-state index in [1.807, 2.05) is 45.0 Å². The van der Waals surface area contributed by atoms with E-state index in [1.165, 1.54) is 26.2 Å². The van der Waals surface area contributed by atoms with Crippen molar-refractivity contribution in [2.45, 2.75) is 25.7 Å². The van der Waals surface area contributed by atoms with Gasteiger partial charge >= 0.3 is 0 Å². The van der Waals surface area contributed by atoms with Gasteiger partial charge in [-0.15, -0.1) is 0 Å². The molecule has 29 heavy (non-hydrogen) atoms. The Morgan fingerprint density at radius 2 is 1.48 bits per heavy atom. The Hall–Kier alpha value is -2.90. The molecule has 1 amide bonds. The standard InChI is InChI=1S/C22H25N3O3S/c1-15-6-13-20(29(27,28)24(4)5)14-21(15)23-22(26)18-9-11-19(12-10-18)25-16(2)7-8-17(25)3/h6-14H,1-5H3,(H,23,26). The van der Waals surface area contributed by atoms with E-state index in [4.69, 9.17) is 0 Å². The van der Waals surface area contributed by atoms with Gasteiger partial charge in [-0.25, -0.2) is 12.7 Å². The van der Waals surface area contributed by atoms with Gasteiger partial charge < -0.3 is 9.88 Å². The Kier molecular flexibility index (Phi) is 5.64. The first kappa shape index (κ1) is 20.8. The van der Waals surface area contributed by atoms with Gasteiger partial charge in [-0.05, 0) is 74.9 Å². The van der Waals surface area contributed by atoms with Crippen molar-refractivity contribution in [2.24, 2.45) is 0 Å². The van der Waals surface area contributed by atoms with E-state index in [0.29, 0.717) is 11.3 Å². The van der Waals surface area contributed by atoms with Crippen LogP contribution in [0.15, 0.2) is 59.5 Å². The van der Waals surface area contributed by atoms with Gasteiger partial charge in [-0.1, -0.05) is 6.07 Å². The second kappa shape index (κ2) is 7.85. The molecule has 3 aromatic rings. The molecule has 152 valence electrons. The third kappa shape index (κ3) is 4.11. The fourth-order valence-electron chi connectivity index (χ4n) is 3.14. The largest absolute Gasteiger partial charge is 0.322 e. The predicted molar refractivity (Wildman–Crippen MR) is 115 cm³/mol. The van der Waals surface area contributed by atoms with Crippen LogP contribution in [0.5, 0.6) is 0 Å². The molecule has 0 spiro atoms. The van der Waals surface area contributed by atoms with Crippen LogP contribution in [0.1, 0.15) is 27.3 Å². The number of rotatable bonds is 5. The molecule has 0 radical (unpaired) electrons. The molecule has 0 aliphatic rings. The van der Waals surface area contributed by atoms with Crippen LogP contribution in [-0.4, -0.2) is 37.3 Å². The summed E-state index contributed by atoms with van der Waals surface area (Å²) in [4.78, 5) is 12.9. The topological polar surface area (TPSA) is 71.4 Å². The zero-order valence-electron chi connectivity index (χ0n) is 17.2. The average molecular weight is 412 g/mol. The molecule has 1 aromatic heterocycles. The molecule has 0 fully saturated rings. The van der Waals surface area contributed by atoms with Crippen LogP contribution in [0.4, 0.5) is 5.69 Å². The van der Waals surface area contributed by atoms with Gasteiger partial charge in [-0.2, -0.15) is 0 Å². The molecular formula is C22H25N3O3S. The zero-order valence-corrected chi connectivity index (χ0v) is 18.0. The average Bonchev–Trinajstić information content (AvgIpc) is 3.01. The summed E-state index contributed by atoms with van der Waals surface area (Å²) in [6.07, 6.45) is 0. The lowest BCUT2D eigenvalue weighted by Crippen LogP contribution is -2.22. The Morgan fingerprint density at radius 3 is 2.03 bits per heavy atom. The van der Waals surface area contributed by atoms with Crippen molar-refractivity contribution in [2.75, 3.05) is 19.4 Å². The molecule has 3 rings (SSSR count). The molecule has 2 aromatic carbocycles. The molecule has 0 aliphatic heterocycles. The number of nitrogens with zero attached hydrogens (tertiary/aromatic N) is 2. The number of hydrogen-bond acceptors (Lipinski definition) is 3. The lowest BCUT2D eigenvalue weighted by Gasteiger charge is -2.15. The molecule has 0 atom stereocenters. The van der Waals surface area contributed by atoms with E-state index in [0.717, 1.165) is 26.9 Å². The highest BCUT2D eigenvalue weighted by Gasteiger charge is 2.19. The highest BCUT2D eigenvalue weighted by Crippen LogP contribution is 2.23. The normalized spacial score (nSPS) is 11.7. The summed E-state index contributed by atoms with van der Waals surface area (Å²) in [6.45, 7) is 5.89. The predicted octanol–water partition coefficient (Wildman–Crippen LogP) is 3.91. The van der Waals surface area contributed by atoms with Crippen molar-refractivity contribution in [3.05, 3.63) is 77.1 Å². The molecule has 0 saturated carbocycles. The first-order chi connectivity index (χ1) is 13.6. The third-order valence-corrected chi connectivity index (χ3v) is 6.71. The minimum Gasteiger partial charge on any atom is -0.322 e. The Bertz CT molecular complexity index is 1140. The summed E-state index contributed by atoms with van der Waals surface area (Å²) >= 11 is 0. The Balaban J connectivity index is 1.86. The van der Waals surface area contributed by atoms with Crippen molar-refractivity contribution in [3.8, 4) is 5.69 Å². The summed E-state index contributed by atoms with van der Waals surface area (Å²) in [5.74, 6) is -0.292. The molecule has 0 aliphatic carbocycles. The number of sulfonamides is 1. The van der Waals surface area contributed by atoms with E-state index in [9.17, 15) is 13.2 Å². The summed E-state index contributed by atoms with van der Waals surface area (Å²) in [5, 5.41) is 2.83. The quantitative estimate of drug-likeness (QED) is 0.692. The highest BCUT2D eigenvalue weighted by molar-refractivity contribution is 7.89. The van der Waals surface area contributed by atoms with Gasteiger partial charge in [0.1, 0.15) is 0 Å². The number of carbonyl (C=O) groups excluding carboxylic acids is 1. The number of aromatic nitrogens is 1. The summed E-state index contributed by atoms with van der Waals surface area (Å²) in [6, 6.07) is 16.1. The van der Waals surface area contributed by atoms with Gasteiger partial charge in [0.15, 0.2) is 0 Å². The molecule has 0 bridgehead atoms. The smallest absolute Gasteiger partial charge is 0.255 e. The van der Waals surface area contributed by atoms with Crippen LogP contribution < -0.4 is 5.32 Å². The van der Waals surface area contributed by atoms with Crippen LogP contribution in [-0.2, 0) is 10.0 Å². The van der Waals surface area contributed by atoms with Gasteiger partial charge in [0.2, 0.25) is 10.0 Å². The van der Waals surface area contributed by atoms with Crippen LogP contribution in [0.25, 0.3) is 5.69 Å². The highest BCUT2D eigenvalue weighted by atomic mass is 32.2. The number of carbonyl (C=O) groups is 1. The third-order valence-electron chi connectivity index (χ3n) is 4.89. The van der Waals surface area contributed by atoms with Gasteiger partial charge in [0.25, 0.3) is 5.91 Å². The Labute approximate surface area is 171 Å². The van der Waals surface area contributed by atoms with Gasteiger partial charge in [-0.3, -0.25) is 4.79 Å². The maximum absolute atomic E-state index is 12.7. The number of benzene rings is 2. The van der Waals surface area contributed by atoms with Crippen molar-refractivity contribution in [3.63, 3.8) is 0 Å². The summed E-state index contributed by atoms with van der Waals surface area (Å²) < 4.78 is 28.0. The van der Waals surface area contributed by atoms with E-state index in [2.05, 4.69) is 9.88 Å². The van der Waals surface area contributed by atoms with Gasteiger partial charge in [0, 0.05) is 42.4 Å². The first-order valence-corrected chi connectivity index (χ1v) is 10.6. The number of hydrogen-bond donors (Lipinski definition) is 1. The lowest BCUT2D eigenvalue weighted by molar-refractivity contribution is 0.102. The Morgan fingerprint density at radius 1 is 0.897 bits per heavy atom. The summed E-state index contributed by atoms with van der Waals surface area (Å²) in [5.41, 5.74) is 4.97. The molecule has 0 saturated heterocycles. The fourth-order valence-corrected chi connectivity index (χ4v) is 4.07. The van der Waals surface area contributed by atoms with E-state index in [-0.39, 0.29) is 10.8 Å². The van der Waals surface area contributed by atoms with Crippen LogP contribution in [0.3, 0.4) is 0 Å². The van der Waals surface area contributed by atoms with Crippen LogP contribution in [0.2, 0.25) is 0 Å². The summed E-state index contributed by atoms with van der Waals surface area (Å²) in [7, 11) is -0.625. The van der Waals surface area contributed by atoms with Crippen LogP contribution >= 0.6 is 0 Å². The molecule has 0 unspecified atom stereocenters. The second-order valence-corrected chi connectivity index (χ2v) is 9.37. The maximum atomic E-state index is 12.7. The van der Waals surface area contributed by atoms with Crippen molar-refractivity contribution in [1.82, 2.24) is 8.87 Å². The number of aryl methyl sites for hydroxylation is 3. The molecule has 7 heteroatoms. The number of nitrogens with one attached hydrogen (secondary N) is 1. The zero-order chi connectivity index (χ0) is 21.3. The number of amides is 1. The fraction of sp³-hybridized carbons (Fsp3) is 0.227.